The molecular formula is C23H26N4OS. The number of ketones is 1. The average molecular weight is 407 g/mol. The number of rotatable bonds is 4. The number of hydrogen-bond donors (Lipinski definition) is 1. The molecule has 0 radical (unpaired) electrons. The molecule has 29 heavy (non-hydrogen) atoms. The van der Waals surface area contributed by atoms with E-state index in [0.29, 0.717) is 12.0 Å². The summed E-state index contributed by atoms with van der Waals surface area (Å²) in [5, 5.41) is 9.22. The topological polar surface area (TPSA) is 59.8 Å². The summed E-state index contributed by atoms with van der Waals surface area (Å²) in [7, 11) is 0. The van der Waals surface area contributed by atoms with Crippen LogP contribution in [0.4, 0.5) is 5.82 Å². The normalized spacial score (nSPS) is 19.5. The van der Waals surface area contributed by atoms with Gasteiger partial charge in [-0.2, -0.15) is 5.10 Å². The highest BCUT2D eigenvalue weighted by Gasteiger charge is 2.37. The van der Waals surface area contributed by atoms with E-state index in [1.807, 2.05) is 10.9 Å². The Labute approximate surface area is 175 Å². The smallest absolute Gasteiger partial charge is 0.172 e. The van der Waals surface area contributed by atoms with Crippen LogP contribution in [-0.4, -0.2) is 20.5 Å². The first-order valence-electron chi connectivity index (χ1n) is 10.3. The maximum Gasteiger partial charge on any atom is 0.172 e. The van der Waals surface area contributed by atoms with E-state index in [1.54, 1.807) is 17.5 Å². The first-order valence-corrected chi connectivity index (χ1v) is 11.1. The molecule has 0 bridgehead atoms. The maximum atomic E-state index is 13.2. The van der Waals surface area contributed by atoms with Gasteiger partial charge in [-0.1, -0.05) is 18.2 Å². The molecule has 3 heterocycles. The molecule has 2 aliphatic rings. The number of carbonyl (C=O) groups excluding carboxylic acids is 1. The van der Waals surface area contributed by atoms with Crippen LogP contribution >= 0.6 is 11.3 Å². The molecular weight excluding hydrogens is 380 g/mol. The molecule has 0 saturated heterocycles. The number of thiazole rings is 1. The van der Waals surface area contributed by atoms with Crippen molar-refractivity contribution in [3.05, 3.63) is 62.7 Å². The lowest BCUT2D eigenvalue weighted by molar-refractivity contribution is 0.0993. The van der Waals surface area contributed by atoms with Crippen molar-refractivity contribution in [3.63, 3.8) is 0 Å². The van der Waals surface area contributed by atoms with Gasteiger partial charge in [-0.05, 0) is 63.1 Å². The third-order valence-corrected chi connectivity index (χ3v) is 7.15. The van der Waals surface area contributed by atoms with Gasteiger partial charge in [0.1, 0.15) is 10.8 Å². The number of anilines is 1. The highest BCUT2D eigenvalue weighted by Crippen LogP contribution is 2.41. The van der Waals surface area contributed by atoms with Gasteiger partial charge in [0.25, 0.3) is 0 Å². The number of carbonyl (C=O) groups is 1. The molecule has 1 aliphatic carbocycles. The van der Waals surface area contributed by atoms with E-state index < -0.39 is 0 Å². The molecule has 150 valence electrons. The minimum Gasteiger partial charge on any atom is -0.360 e. The van der Waals surface area contributed by atoms with Crippen molar-refractivity contribution in [2.45, 2.75) is 64.5 Å². The summed E-state index contributed by atoms with van der Waals surface area (Å²) in [6.45, 7) is 6.42. The summed E-state index contributed by atoms with van der Waals surface area (Å²) < 4.78 is 1.97. The Bertz CT molecular complexity index is 1090. The zero-order valence-corrected chi connectivity index (χ0v) is 18.0. The molecule has 1 aliphatic heterocycles. The average Bonchev–Trinajstić information content (AvgIpc) is 3.39. The van der Waals surface area contributed by atoms with Gasteiger partial charge >= 0.3 is 0 Å². The third kappa shape index (κ3) is 3.29. The standard InChI is InChI=1S/C23H26N4OS/c1-14-12-24-22(29-14)19-11-23(2,3)27-21(26-19)18(13-25-27)20(28)10-15-7-8-16-5-4-6-17(16)9-15/h7-9,12-13,19,26H,4-6,10-11H2,1-3H3. The van der Waals surface area contributed by atoms with Gasteiger partial charge in [-0.25, -0.2) is 9.67 Å². The Morgan fingerprint density at radius 1 is 1.28 bits per heavy atom. The summed E-state index contributed by atoms with van der Waals surface area (Å²) in [6, 6.07) is 6.62. The lowest BCUT2D eigenvalue weighted by Crippen LogP contribution is -2.38. The van der Waals surface area contributed by atoms with Crippen LogP contribution in [0.5, 0.6) is 0 Å². The van der Waals surface area contributed by atoms with Crippen molar-refractivity contribution in [2.24, 2.45) is 0 Å². The summed E-state index contributed by atoms with van der Waals surface area (Å²) >= 11 is 1.71. The fourth-order valence-corrected chi connectivity index (χ4v) is 5.48. The third-order valence-electron chi connectivity index (χ3n) is 6.12. The van der Waals surface area contributed by atoms with E-state index in [9.17, 15) is 4.79 Å². The molecule has 3 aromatic rings. The van der Waals surface area contributed by atoms with Crippen molar-refractivity contribution in [2.75, 3.05) is 5.32 Å². The fourth-order valence-electron chi connectivity index (χ4n) is 4.65. The number of aryl methyl sites for hydroxylation is 3. The monoisotopic (exact) mass is 406 g/mol. The minimum absolute atomic E-state index is 0.0967. The lowest BCUT2D eigenvalue weighted by atomic mass is 9.92. The summed E-state index contributed by atoms with van der Waals surface area (Å²) in [6.07, 6.45) is 8.46. The van der Waals surface area contributed by atoms with E-state index in [4.69, 9.17) is 0 Å². The van der Waals surface area contributed by atoms with E-state index in [0.717, 1.165) is 35.7 Å². The fraction of sp³-hybridized carbons (Fsp3) is 0.435. The molecule has 6 heteroatoms. The van der Waals surface area contributed by atoms with Crippen LogP contribution in [0, 0.1) is 6.92 Å². The van der Waals surface area contributed by atoms with E-state index in [-0.39, 0.29) is 17.4 Å². The second-order valence-electron chi connectivity index (χ2n) is 8.90. The van der Waals surface area contributed by atoms with Gasteiger partial charge in [0.15, 0.2) is 5.78 Å². The molecule has 1 aromatic carbocycles. The summed E-state index contributed by atoms with van der Waals surface area (Å²) in [4.78, 5) is 19.0. The Hall–Kier alpha value is -2.47. The molecule has 1 unspecified atom stereocenters. The number of hydrogen-bond acceptors (Lipinski definition) is 5. The van der Waals surface area contributed by atoms with Crippen LogP contribution in [0.1, 0.15) is 69.7 Å². The van der Waals surface area contributed by atoms with Crippen molar-refractivity contribution < 1.29 is 4.79 Å². The first kappa shape index (κ1) is 18.6. The van der Waals surface area contributed by atoms with Crippen molar-refractivity contribution >= 4 is 22.9 Å². The number of nitrogens with zero attached hydrogens (tertiary/aromatic N) is 3. The molecule has 5 nitrogen and oxygen atoms in total. The molecule has 1 N–H and O–H groups in total. The predicted molar refractivity (Wildman–Crippen MR) is 116 cm³/mol. The van der Waals surface area contributed by atoms with E-state index >= 15 is 0 Å². The zero-order valence-electron chi connectivity index (χ0n) is 17.2. The van der Waals surface area contributed by atoms with E-state index in [2.05, 4.69) is 54.4 Å². The van der Waals surface area contributed by atoms with Crippen molar-refractivity contribution in [1.82, 2.24) is 14.8 Å². The Balaban J connectivity index is 1.44. The van der Waals surface area contributed by atoms with Crippen molar-refractivity contribution in [3.8, 4) is 0 Å². The van der Waals surface area contributed by atoms with Gasteiger partial charge in [-0.3, -0.25) is 4.79 Å². The molecule has 5 rings (SSSR count). The highest BCUT2D eigenvalue weighted by molar-refractivity contribution is 7.11. The number of aromatic nitrogens is 3. The first-order chi connectivity index (χ1) is 13.9. The Kier molecular flexibility index (Phi) is 4.35. The number of Topliss-reactive ketones (excluding diaryl/α,β-unsaturated/α-hetero) is 1. The predicted octanol–water partition coefficient (Wildman–Crippen LogP) is 4.85. The van der Waals surface area contributed by atoms with Crippen LogP contribution in [-0.2, 0) is 24.8 Å². The molecule has 0 fully saturated rings. The van der Waals surface area contributed by atoms with E-state index in [1.165, 1.54) is 22.4 Å². The Morgan fingerprint density at radius 2 is 2.10 bits per heavy atom. The van der Waals surface area contributed by atoms with Gasteiger partial charge < -0.3 is 5.32 Å². The molecule has 0 amide bonds. The minimum atomic E-state index is -0.184. The van der Waals surface area contributed by atoms with Gasteiger partial charge in [0, 0.05) is 17.5 Å². The second-order valence-corrected chi connectivity index (χ2v) is 10.2. The summed E-state index contributed by atoms with van der Waals surface area (Å²) in [5.41, 5.74) is 4.44. The van der Waals surface area contributed by atoms with Gasteiger partial charge in [-0.15, -0.1) is 11.3 Å². The van der Waals surface area contributed by atoms with Crippen LogP contribution in [0.2, 0.25) is 0 Å². The Morgan fingerprint density at radius 3 is 2.90 bits per heavy atom. The van der Waals surface area contributed by atoms with Crippen LogP contribution in [0.15, 0.2) is 30.6 Å². The largest absolute Gasteiger partial charge is 0.360 e. The molecule has 2 aromatic heterocycles. The lowest BCUT2D eigenvalue weighted by Gasteiger charge is -2.37. The molecule has 0 saturated carbocycles. The zero-order chi connectivity index (χ0) is 20.2. The number of nitrogens with one attached hydrogen (secondary N) is 1. The highest BCUT2D eigenvalue weighted by atomic mass is 32.1. The van der Waals surface area contributed by atoms with Crippen molar-refractivity contribution in [1.29, 1.82) is 0 Å². The second kappa shape index (κ2) is 6.80. The summed E-state index contributed by atoms with van der Waals surface area (Å²) in [5.74, 6) is 0.939. The SMILES string of the molecule is Cc1cnc(C2CC(C)(C)n3ncc(C(=O)Cc4ccc5c(c4)CCC5)c3N2)s1. The number of fused-ring (bicyclic) bond motifs is 2. The van der Waals surface area contributed by atoms with Crippen LogP contribution < -0.4 is 5.32 Å². The molecule has 1 atom stereocenters. The van der Waals surface area contributed by atoms with Gasteiger partial charge in [0.2, 0.25) is 0 Å². The maximum absolute atomic E-state index is 13.2. The van der Waals surface area contributed by atoms with Gasteiger partial charge in [0.05, 0.1) is 23.3 Å². The van der Waals surface area contributed by atoms with Crippen LogP contribution in [0.3, 0.4) is 0 Å². The quantitative estimate of drug-likeness (QED) is 0.629. The number of benzene rings is 1. The van der Waals surface area contributed by atoms with Crippen LogP contribution in [0.25, 0.3) is 0 Å². The molecule has 0 spiro atoms.